The van der Waals surface area contributed by atoms with Gasteiger partial charge in [0.15, 0.2) is 0 Å². The van der Waals surface area contributed by atoms with E-state index in [4.69, 9.17) is 0 Å². The zero-order valence-corrected chi connectivity index (χ0v) is 14.4. The average molecular weight is 346 g/mol. The van der Waals surface area contributed by atoms with Gasteiger partial charge in [0.1, 0.15) is 0 Å². The first-order chi connectivity index (χ1) is 12.6. The van der Waals surface area contributed by atoms with Gasteiger partial charge in [0.25, 0.3) is 0 Å². The van der Waals surface area contributed by atoms with Crippen LogP contribution in [0.5, 0.6) is 0 Å². The largest absolute Gasteiger partial charge is 0.326 e. The second-order valence-corrected chi connectivity index (χ2v) is 6.63. The summed E-state index contributed by atoms with van der Waals surface area (Å²) in [7, 11) is 1.78. The molecule has 2 aromatic carbocycles. The Balaban J connectivity index is 1.76. The molecule has 26 heavy (non-hydrogen) atoms. The summed E-state index contributed by atoms with van der Waals surface area (Å²) in [5.74, 6) is -0.252. The summed E-state index contributed by atoms with van der Waals surface area (Å²) in [5.41, 5.74) is 3.89. The molecule has 2 aliphatic rings. The van der Waals surface area contributed by atoms with E-state index in [0.29, 0.717) is 30.8 Å². The molecule has 1 saturated heterocycles. The zero-order chi connectivity index (χ0) is 18.3. The van der Waals surface area contributed by atoms with Gasteiger partial charge in [-0.25, -0.2) is 4.79 Å². The molecule has 2 aliphatic heterocycles. The van der Waals surface area contributed by atoms with Crippen molar-refractivity contribution in [1.82, 2.24) is 4.90 Å². The molecule has 0 spiro atoms. The third kappa shape index (κ3) is 2.58. The van der Waals surface area contributed by atoms with Crippen LogP contribution in [0.3, 0.4) is 0 Å². The van der Waals surface area contributed by atoms with Crippen molar-refractivity contribution in [3.8, 4) is 6.07 Å². The summed E-state index contributed by atoms with van der Waals surface area (Å²) < 4.78 is 0. The van der Waals surface area contributed by atoms with Gasteiger partial charge >= 0.3 is 6.03 Å². The van der Waals surface area contributed by atoms with Gasteiger partial charge in [-0.05, 0) is 29.3 Å². The topological polar surface area (TPSA) is 76.4 Å². The quantitative estimate of drug-likeness (QED) is 0.908. The number of nitriles is 1. The first kappa shape index (κ1) is 16.2. The first-order valence-corrected chi connectivity index (χ1v) is 8.54. The van der Waals surface area contributed by atoms with Crippen LogP contribution < -0.4 is 10.2 Å². The van der Waals surface area contributed by atoms with Gasteiger partial charge in [-0.2, -0.15) is 5.26 Å². The van der Waals surface area contributed by atoms with E-state index in [2.05, 4.69) is 11.4 Å². The van der Waals surface area contributed by atoms with E-state index < -0.39 is 0 Å². The molecule has 0 aromatic heterocycles. The van der Waals surface area contributed by atoms with Crippen LogP contribution in [0.25, 0.3) is 0 Å². The number of likely N-dealkylation sites (N-methyl/N-ethyl adjacent to an activating group) is 1. The molecule has 0 bridgehead atoms. The van der Waals surface area contributed by atoms with Crippen LogP contribution in [0.4, 0.5) is 16.2 Å². The molecule has 1 fully saturated rings. The standard InChI is InChI=1S/C20H18N4O2/c1-23-8-9-24(20(23)26)14-6-7-16-17(11-19(25)22-18(16)10-14)15-5-3-2-4-13(15)12-21/h2-7,10,17H,8-9,11H2,1H3,(H,22,25). The number of hydrogen-bond donors (Lipinski definition) is 1. The lowest BCUT2D eigenvalue weighted by Gasteiger charge is -2.28. The van der Waals surface area contributed by atoms with E-state index in [1.165, 1.54) is 0 Å². The van der Waals surface area contributed by atoms with Crippen molar-refractivity contribution in [3.05, 3.63) is 59.2 Å². The van der Waals surface area contributed by atoms with Crippen molar-refractivity contribution >= 4 is 23.3 Å². The number of rotatable bonds is 2. The highest BCUT2D eigenvalue weighted by Gasteiger charge is 2.31. The Morgan fingerprint density at radius 3 is 2.65 bits per heavy atom. The first-order valence-electron chi connectivity index (χ1n) is 8.54. The molecule has 2 aromatic rings. The number of nitrogens with zero attached hydrogens (tertiary/aromatic N) is 3. The smallest absolute Gasteiger partial charge is 0.324 e. The summed E-state index contributed by atoms with van der Waals surface area (Å²) in [6, 6.07) is 15.3. The van der Waals surface area contributed by atoms with Crippen molar-refractivity contribution in [2.24, 2.45) is 0 Å². The van der Waals surface area contributed by atoms with E-state index in [-0.39, 0.29) is 17.9 Å². The van der Waals surface area contributed by atoms with Crippen molar-refractivity contribution in [2.75, 3.05) is 30.4 Å². The maximum absolute atomic E-state index is 12.3. The molecular formula is C20H18N4O2. The van der Waals surface area contributed by atoms with Crippen molar-refractivity contribution in [1.29, 1.82) is 5.26 Å². The normalized spacial score (nSPS) is 19.2. The van der Waals surface area contributed by atoms with Crippen LogP contribution in [-0.2, 0) is 4.79 Å². The number of benzene rings is 2. The maximum Gasteiger partial charge on any atom is 0.324 e. The molecule has 3 amide bonds. The Morgan fingerprint density at radius 2 is 1.92 bits per heavy atom. The Hall–Kier alpha value is -3.33. The number of hydrogen-bond acceptors (Lipinski definition) is 3. The minimum atomic E-state index is -0.166. The van der Waals surface area contributed by atoms with Crippen LogP contribution in [0.2, 0.25) is 0 Å². The zero-order valence-electron chi connectivity index (χ0n) is 14.4. The third-order valence-electron chi connectivity index (χ3n) is 5.06. The predicted octanol–water partition coefficient (Wildman–Crippen LogP) is 2.90. The number of carbonyl (C=O) groups is 2. The summed E-state index contributed by atoms with van der Waals surface area (Å²) >= 11 is 0. The van der Waals surface area contributed by atoms with Gasteiger partial charge < -0.3 is 10.2 Å². The highest BCUT2D eigenvalue weighted by atomic mass is 16.2. The molecular weight excluding hydrogens is 328 g/mol. The van der Waals surface area contributed by atoms with E-state index in [1.54, 1.807) is 22.9 Å². The Morgan fingerprint density at radius 1 is 1.12 bits per heavy atom. The monoisotopic (exact) mass is 346 g/mol. The molecule has 6 heteroatoms. The van der Waals surface area contributed by atoms with E-state index in [1.807, 2.05) is 36.4 Å². The highest BCUT2D eigenvalue weighted by molar-refractivity contribution is 5.98. The average Bonchev–Trinajstić information content (AvgIpc) is 2.99. The lowest BCUT2D eigenvalue weighted by molar-refractivity contribution is -0.116. The lowest BCUT2D eigenvalue weighted by atomic mass is 9.82. The highest BCUT2D eigenvalue weighted by Crippen LogP contribution is 2.40. The van der Waals surface area contributed by atoms with Gasteiger partial charge in [-0.3, -0.25) is 9.69 Å². The van der Waals surface area contributed by atoms with E-state index >= 15 is 0 Å². The van der Waals surface area contributed by atoms with Crippen molar-refractivity contribution in [3.63, 3.8) is 0 Å². The summed E-state index contributed by atoms with van der Waals surface area (Å²) in [4.78, 5) is 27.9. The molecule has 0 saturated carbocycles. The number of nitrogens with one attached hydrogen (secondary N) is 1. The molecule has 0 aliphatic carbocycles. The molecule has 0 radical (unpaired) electrons. The third-order valence-corrected chi connectivity index (χ3v) is 5.06. The van der Waals surface area contributed by atoms with Gasteiger partial charge in [0.05, 0.1) is 11.6 Å². The number of urea groups is 1. The van der Waals surface area contributed by atoms with Gasteiger partial charge in [0, 0.05) is 43.9 Å². The number of fused-ring (bicyclic) bond motifs is 1. The van der Waals surface area contributed by atoms with E-state index in [9.17, 15) is 14.9 Å². The summed E-state index contributed by atoms with van der Waals surface area (Å²) in [5, 5.41) is 12.3. The van der Waals surface area contributed by atoms with Gasteiger partial charge in [0.2, 0.25) is 5.91 Å². The number of anilines is 2. The second-order valence-electron chi connectivity index (χ2n) is 6.63. The predicted molar refractivity (Wildman–Crippen MR) is 98.1 cm³/mol. The van der Waals surface area contributed by atoms with Crippen LogP contribution in [0, 0.1) is 11.3 Å². The maximum atomic E-state index is 12.3. The number of carbonyl (C=O) groups excluding carboxylic acids is 2. The van der Waals surface area contributed by atoms with Crippen LogP contribution in [-0.4, -0.2) is 37.0 Å². The van der Waals surface area contributed by atoms with Gasteiger partial charge in [-0.1, -0.05) is 24.3 Å². The fraction of sp³-hybridized carbons (Fsp3) is 0.250. The molecule has 1 N–H and O–H groups in total. The number of amides is 3. The van der Waals surface area contributed by atoms with Gasteiger partial charge in [-0.15, -0.1) is 0 Å². The molecule has 1 unspecified atom stereocenters. The van der Waals surface area contributed by atoms with Crippen LogP contribution in [0.15, 0.2) is 42.5 Å². The summed E-state index contributed by atoms with van der Waals surface area (Å²) in [6.07, 6.45) is 0.302. The van der Waals surface area contributed by atoms with Crippen molar-refractivity contribution < 1.29 is 9.59 Å². The van der Waals surface area contributed by atoms with Crippen LogP contribution >= 0.6 is 0 Å². The van der Waals surface area contributed by atoms with Crippen LogP contribution in [0.1, 0.15) is 29.0 Å². The molecule has 2 heterocycles. The molecule has 6 nitrogen and oxygen atoms in total. The van der Waals surface area contributed by atoms with Crippen molar-refractivity contribution in [2.45, 2.75) is 12.3 Å². The SMILES string of the molecule is CN1CCN(c2ccc3c(c2)NC(=O)CC3c2ccccc2C#N)C1=O. The molecule has 1 atom stereocenters. The fourth-order valence-electron chi connectivity index (χ4n) is 3.69. The Labute approximate surface area is 151 Å². The molecule has 4 rings (SSSR count). The molecule has 130 valence electrons. The fourth-order valence-corrected chi connectivity index (χ4v) is 3.69. The lowest BCUT2D eigenvalue weighted by Crippen LogP contribution is -2.30. The minimum absolute atomic E-state index is 0.0431. The Bertz CT molecular complexity index is 947. The Kier molecular flexibility index (Phi) is 3.85. The second kappa shape index (κ2) is 6.19. The van der Waals surface area contributed by atoms with E-state index in [0.717, 1.165) is 16.8 Å². The minimum Gasteiger partial charge on any atom is -0.326 e. The summed E-state index contributed by atoms with van der Waals surface area (Å²) in [6.45, 7) is 1.31.